The first-order chi connectivity index (χ1) is 12.0. The highest BCUT2D eigenvalue weighted by Crippen LogP contribution is 2.27. The molecular formula is C18H17BrO6. The molecule has 0 atom stereocenters. The minimum absolute atomic E-state index is 0.282. The van der Waals surface area contributed by atoms with E-state index in [4.69, 9.17) is 18.9 Å². The third-order valence-electron chi connectivity index (χ3n) is 3.22. The largest absolute Gasteiger partial charge is 0.493 e. The van der Waals surface area contributed by atoms with Crippen molar-refractivity contribution in [2.75, 3.05) is 27.4 Å². The summed E-state index contributed by atoms with van der Waals surface area (Å²) in [5.41, 5.74) is 0.360. The normalized spacial score (nSPS) is 10.0. The Hall–Kier alpha value is -2.54. The van der Waals surface area contributed by atoms with Crippen LogP contribution in [0.5, 0.6) is 17.2 Å². The molecule has 6 nitrogen and oxygen atoms in total. The number of hydrogen-bond donors (Lipinski definition) is 0. The predicted molar refractivity (Wildman–Crippen MR) is 94.5 cm³/mol. The summed E-state index contributed by atoms with van der Waals surface area (Å²) in [6, 6.07) is 11.8. The summed E-state index contributed by atoms with van der Waals surface area (Å²) in [6.45, 7) is -0.661. The van der Waals surface area contributed by atoms with Crippen molar-refractivity contribution in [3.8, 4) is 17.2 Å². The van der Waals surface area contributed by atoms with Crippen molar-refractivity contribution in [3.05, 3.63) is 52.5 Å². The Morgan fingerprint density at radius 2 is 1.72 bits per heavy atom. The molecule has 0 saturated carbocycles. The molecule has 2 aromatic carbocycles. The van der Waals surface area contributed by atoms with Gasteiger partial charge >= 0.3 is 5.97 Å². The number of hydrogen-bond acceptors (Lipinski definition) is 6. The number of Topliss-reactive ketones (excluding diaryl/α,β-unsaturated/α-hetero) is 1. The van der Waals surface area contributed by atoms with Crippen LogP contribution < -0.4 is 14.2 Å². The Kier molecular flexibility index (Phi) is 6.82. The second-order valence-corrected chi connectivity index (χ2v) is 5.82. The van der Waals surface area contributed by atoms with E-state index in [1.165, 1.54) is 20.3 Å². The van der Waals surface area contributed by atoms with Gasteiger partial charge in [0.1, 0.15) is 5.75 Å². The maximum Gasteiger partial charge on any atom is 0.344 e. The SMILES string of the molecule is COc1ccc(C(=O)COC(=O)COc2cccc(Br)c2)cc1OC. The van der Waals surface area contributed by atoms with Gasteiger partial charge in [-0.15, -0.1) is 0 Å². The van der Waals surface area contributed by atoms with E-state index < -0.39 is 5.97 Å². The minimum atomic E-state index is -0.631. The van der Waals surface area contributed by atoms with E-state index in [9.17, 15) is 9.59 Å². The molecule has 0 spiro atoms. The maximum absolute atomic E-state index is 12.1. The third kappa shape index (κ3) is 5.49. The van der Waals surface area contributed by atoms with Gasteiger partial charge in [0.15, 0.2) is 30.5 Å². The number of ether oxygens (including phenoxy) is 4. The highest BCUT2D eigenvalue weighted by molar-refractivity contribution is 9.10. The monoisotopic (exact) mass is 408 g/mol. The van der Waals surface area contributed by atoms with Crippen LogP contribution in [0, 0.1) is 0 Å². The van der Waals surface area contributed by atoms with E-state index in [1.807, 2.05) is 6.07 Å². The Bertz CT molecular complexity index is 759. The highest BCUT2D eigenvalue weighted by atomic mass is 79.9. The summed E-state index contributed by atoms with van der Waals surface area (Å²) in [4.78, 5) is 23.8. The Morgan fingerprint density at radius 3 is 2.40 bits per heavy atom. The van der Waals surface area contributed by atoms with Crippen LogP contribution >= 0.6 is 15.9 Å². The molecule has 0 amide bonds. The Morgan fingerprint density at radius 1 is 0.960 bits per heavy atom. The zero-order chi connectivity index (χ0) is 18.2. The van der Waals surface area contributed by atoms with Gasteiger partial charge in [-0.05, 0) is 36.4 Å². The standard InChI is InChI=1S/C18H17BrO6/c1-22-16-7-6-12(8-17(16)23-2)15(20)10-25-18(21)11-24-14-5-3-4-13(19)9-14/h3-9H,10-11H2,1-2H3. The summed E-state index contributed by atoms with van der Waals surface area (Å²) in [6.07, 6.45) is 0. The van der Waals surface area contributed by atoms with E-state index in [-0.39, 0.29) is 19.0 Å². The number of methoxy groups -OCH3 is 2. The number of carbonyl (C=O) groups is 2. The predicted octanol–water partition coefficient (Wildman–Crippen LogP) is 3.27. The first-order valence-electron chi connectivity index (χ1n) is 7.32. The molecule has 0 bridgehead atoms. The van der Waals surface area contributed by atoms with Gasteiger partial charge in [0.2, 0.25) is 0 Å². The smallest absolute Gasteiger partial charge is 0.344 e. The Balaban J connectivity index is 1.85. The molecular weight excluding hydrogens is 392 g/mol. The van der Waals surface area contributed by atoms with E-state index >= 15 is 0 Å². The van der Waals surface area contributed by atoms with E-state index in [1.54, 1.807) is 30.3 Å². The van der Waals surface area contributed by atoms with Crippen molar-refractivity contribution >= 4 is 27.7 Å². The molecule has 0 fully saturated rings. The van der Waals surface area contributed by atoms with Gasteiger partial charge in [0, 0.05) is 10.0 Å². The first-order valence-corrected chi connectivity index (χ1v) is 8.12. The van der Waals surface area contributed by atoms with Crippen LogP contribution in [0.4, 0.5) is 0 Å². The van der Waals surface area contributed by atoms with Crippen molar-refractivity contribution in [3.63, 3.8) is 0 Å². The molecule has 2 rings (SSSR count). The van der Waals surface area contributed by atoms with Gasteiger partial charge in [0.05, 0.1) is 14.2 Å². The topological polar surface area (TPSA) is 71.1 Å². The number of halogens is 1. The van der Waals surface area contributed by atoms with Crippen LogP contribution in [0.2, 0.25) is 0 Å². The first kappa shape index (κ1) is 18.8. The molecule has 0 aliphatic carbocycles. The summed E-state index contributed by atoms with van der Waals surface area (Å²) < 4.78 is 21.3. The van der Waals surface area contributed by atoms with Gasteiger partial charge in [-0.25, -0.2) is 4.79 Å². The van der Waals surface area contributed by atoms with Crippen LogP contribution in [0.3, 0.4) is 0 Å². The van der Waals surface area contributed by atoms with Crippen molar-refractivity contribution in [1.82, 2.24) is 0 Å². The average molecular weight is 409 g/mol. The van der Waals surface area contributed by atoms with E-state index in [0.29, 0.717) is 22.8 Å². The average Bonchev–Trinajstić information content (AvgIpc) is 2.63. The third-order valence-corrected chi connectivity index (χ3v) is 3.72. The lowest BCUT2D eigenvalue weighted by molar-refractivity contribution is -0.144. The second-order valence-electron chi connectivity index (χ2n) is 4.90. The number of benzene rings is 2. The summed E-state index contributed by atoms with van der Waals surface area (Å²) in [7, 11) is 2.98. The van der Waals surface area contributed by atoms with Crippen molar-refractivity contribution in [2.24, 2.45) is 0 Å². The molecule has 0 radical (unpaired) electrons. The number of rotatable bonds is 8. The molecule has 0 saturated heterocycles. The molecule has 0 unspecified atom stereocenters. The van der Waals surface area contributed by atoms with Gasteiger partial charge in [-0.1, -0.05) is 22.0 Å². The fourth-order valence-electron chi connectivity index (χ4n) is 1.98. The van der Waals surface area contributed by atoms with Crippen LogP contribution in [-0.4, -0.2) is 39.2 Å². The van der Waals surface area contributed by atoms with Crippen LogP contribution in [0.25, 0.3) is 0 Å². The van der Waals surface area contributed by atoms with Gasteiger partial charge in [0.25, 0.3) is 0 Å². The summed E-state index contributed by atoms with van der Waals surface area (Å²) >= 11 is 3.31. The van der Waals surface area contributed by atoms with Crippen LogP contribution in [-0.2, 0) is 9.53 Å². The van der Waals surface area contributed by atoms with Crippen molar-refractivity contribution in [2.45, 2.75) is 0 Å². The lowest BCUT2D eigenvalue weighted by Crippen LogP contribution is -2.19. The maximum atomic E-state index is 12.1. The molecule has 7 heteroatoms. The molecule has 0 heterocycles. The zero-order valence-corrected chi connectivity index (χ0v) is 15.4. The zero-order valence-electron chi connectivity index (χ0n) is 13.8. The van der Waals surface area contributed by atoms with Gasteiger partial charge in [-0.2, -0.15) is 0 Å². The van der Waals surface area contributed by atoms with E-state index in [2.05, 4.69) is 15.9 Å². The molecule has 25 heavy (non-hydrogen) atoms. The number of esters is 1. The molecule has 0 aromatic heterocycles. The quantitative estimate of drug-likeness (QED) is 0.493. The van der Waals surface area contributed by atoms with Crippen molar-refractivity contribution in [1.29, 1.82) is 0 Å². The molecule has 132 valence electrons. The molecule has 2 aromatic rings. The number of carbonyl (C=O) groups excluding carboxylic acids is 2. The molecule has 0 aliphatic heterocycles. The van der Waals surface area contributed by atoms with Gasteiger partial charge < -0.3 is 18.9 Å². The molecule has 0 aliphatic rings. The lowest BCUT2D eigenvalue weighted by atomic mass is 10.1. The molecule has 0 N–H and O–H groups in total. The fraction of sp³-hybridized carbons (Fsp3) is 0.222. The van der Waals surface area contributed by atoms with Crippen LogP contribution in [0.15, 0.2) is 46.9 Å². The van der Waals surface area contributed by atoms with Gasteiger partial charge in [-0.3, -0.25) is 4.79 Å². The Labute approximate surface area is 153 Å². The highest BCUT2D eigenvalue weighted by Gasteiger charge is 2.13. The summed E-state index contributed by atoms with van der Waals surface area (Å²) in [5, 5.41) is 0. The van der Waals surface area contributed by atoms with Crippen molar-refractivity contribution < 1.29 is 28.5 Å². The minimum Gasteiger partial charge on any atom is -0.493 e. The second kappa shape index (κ2) is 9.08. The number of ketones is 1. The fourth-order valence-corrected chi connectivity index (χ4v) is 2.36. The lowest BCUT2D eigenvalue weighted by Gasteiger charge is -2.10. The van der Waals surface area contributed by atoms with E-state index in [0.717, 1.165) is 4.47 Å². The summed E-state index contributed by atoms with van der Waals surface area (Å²) in [5.74, 6) is 0.485. The van der Waals surface area contributed by atoms with Crippen LogP contribution in [0.1, 0.15) is 10.4 Å².